The van der Waals surface area contributed by atoms with Crippen LogP contribution in [0, 0.1) is 13.8 Å². The summed E-state index contributed by atoms with van der Waals surface area (Å²) in [5, 5.41) is 13.3. The number of hydrogen-bond donors (Lipinski definition) is 1. The average Bonchev–Trinajstić information content (AvgIpc) is 3.15. The lowest BCUT2D eigenvalue weighted by molar-refractivity contribution is 0.102. The van der Waals surface area contributed by atoms with Crippen molar-refractivity contribution in [1.82, 2.24) is 29.5 Å². The quantitative estimate of drug-likeness (QED) is 0.604. The van der Waals surface area contributed by atoms with E-state index in [9.17, 15) is 4.79 Å². The number of hydrogen-bond acceptors (Lipinski definition) is 5. The van der Waals surface area contributed by atoms with Gasteiger partial charge in [0.15, 0.2) is 11.3 Å². The molecule has 0 saturated carbocycles. The molecule has 0 atom stereocenters. The van der Waals surface area contributed by atoms with Crippen molar-refractivity contribution in [3.05, 3.63) is 41.5 Å². The Bertz CT molecular complexity index is 1190. The summed E-state index contributed by atoms with van der Waals surface area (Å²) in [6, 6.07) is 3.84. The van der Waals surface area contributed by atoms with E-state index in [2.05, 4.69) is 25.5 Å². The van der Waals surface area contributed by atoms with Crippen LogP contribution in [-0.2, 0) is 7.05 Å². The molecule has 0 spiro atoms. The van der Waals surface area contributed by atoms with Gasteiger partial charge in [0.25, 0.3) is 5.91 Å². The van der Waals surface area contributed by atoms with Crippen LogP contribution in [0.2, 0.25) is 0 Å². The zero-order chi connectivity index (χ0) is 19.3. The second-order valence-corrected chi connectivity index (χ2v) is 6.99. The molecule has 0 bridgehead atoms. The molecule has 0 radical (unpaired) electrons. The minimum absolute atomic E-state index is 0.160. The van der Waals surface area contributed by atoms with Crippen LogP contribution in [0.4, 0.5) is 5.69 Å². The third-order valence-electron chi connectivity index (χ3n) is 4.55. The summed E-state index contributed by atoms with van der Waals surface area (Å²) >= 11 is 0. The molecule has 0 saturated heterocycles. The summed E-state index contributed by atoms with van der Waals surface area (Å²) in [7, 11) is 1.85. The molecule has 8 heteroatoms. The van der Waals surface area contributed by atoms with E-state index in [1.165, 1.54) is 0 Å². The lowest BCUT2D eigenvalue weighted by Crippen LogP contribution is -2.13. The third kappa shape index (κ3) is 2.83. The van der Waals surface area contributed by atoms with Crippen molar-refractivity contribution in [1.29, 1.82) is 0 Å². The summed E-state index contributed by atoms with van der Waals surface area (Å²) in [5.41, 5.74) is 4.32. The first-order valence-electron chi connectivity index (χ1n) is 8.80. The van der Waals surface area contributed by atoms with Crippen LogP contribution in [0.3, 0.4) is 0 Å². The van der Waals surface area contributed by atoms with Crippen molar-refractivity contribution in [3.63, 3.8) is 0 Å². The maximum Gasteiger partial charge on any atom is 0.256 e. The molecule has 0 aliphatic rings. The Morgan fingerprint density at radius 2 is 1.89 bits per heavy atom. The highest BCUT2D eigenvalue weighted by atomic mass is 16.1. The van der Waals surface area contributed by atoms with Crippen LogP contribution in [0.1, 0.15) is 41.6 Å². The molecule has 1 amide bonds. The van der Waals surface area contributed by atoms with Crippen LogP contribution < -0.4 is 5.32 Å². The van der Waals surface area contributed by atoms with Crippen molar-refractivity contribution in [2.75, 3.05) is 5.32 Å². The maximum atomic E-state index is 13.0. The van der Waals surface area contributed by atoms with E-state index in [1.807, 2.05) is 45.5 Å². The molecule has 0 aromatic carbocycles. The zero-order valence-corrected chi connectivity index (χ0v) is 16.0. The van der Waals surface area contributed by atoms with Crippen molar-refractivity contribution in [2.24, 2.45) is 7.05 Å². The summed E-state index contributed by atoms with van der Waals surface area (Å²) in [6.07, 6.45) is 3.34. The van der Waals surface area contributed by atoms with E-state index in [1.54, 1.807) is 23.1 Å². The molecule has 0 fully saturated rings. The standard InChI is InChI=1S/C19H21N7O/c1-10(2)26-18-16(9-21-26)15(6-11(3)22-18)19(27)23-13-7-14-12(4)24-25(5)17(14)20-8-13/h6-10H,1-5H3,(H,23,27). The Balaban J connectivity index is 1.74. The summed E-state index contributed by atoms with van der Waals surface area (Å²) in [6.45, 7) is 7.87. The molecule has 8 nitrogen and oxygen atoms in total. The fraction of sp³-hybridized carbons (Fsp3) is 0.316. The highest BCUT2D eigenvalue weighted by Gasteiger charge is 2.17. The molecule has 4 heterocycles. The van der Waals surface area contributed by atoms with E-state index in [4.69, 9.17) is 0 Å². The van der Waals surface area contributed by atoms with Crippen molar-refractivity contribution in [3.8, 4) is 0 Å². The van der Waals surface area contributed by atoms with Crippen molar-refractivity contribution < 1.29 is 4.79 Å². The molecule has 138 valence electrons. The first-order chi connectivity index (χ1) is 12.8. The minimum atomic E-state index is -0.212. The van der Waals surface area contributed by atoms with Gasteiger partial charge < -0.3 is 5.32 Å². The Morgan fingerprint density at radius 1 is 1.11 bits per heavy atom. The highest BCUT2D eigenvalue weighted by Crippen LogP contribution is 2.23. The third-order valence-corrected chi connectivity index (χ3v) is 4.55. The Morgan fingerprint density at radius 3 is 2.63 bits per heavy atom. The number of fused-ring (bicyclic) bond motifs is 2. The van der Waals surface area contributed by atoms with Crippen molar-refractivity contribution >= 4 is 33.7 Å². The first kappa shape index (κ1) is 17.1. The highest BCUT2D eigenvalue weighted by molar-refractivity contribution is 6.12. The number of carbonyl (C=O) groups excluding carboxylic acids is 1. The van der Waals surface area contributed by atoms with Gasteiger partial charge in [-0.25, -0.2) is 14.6 Å². The van der Waals surface area contributed by atoms with Gasteiger partial charge in [-0.15, -0.1) is 0 Å². The van der Waals surface area contributed by atoms with Gasteiger partial charge in [-0.3, -0.25) is 9.48 Å². The van der Waals surface area contributed by atoms with Gasteiger partial charge in [-0.1, -0.05) is 0 Å². The lowest BCUT2D eigenvalue weighted by atomic mass is 10.1. The largest absolute Gasteiger partial charge is 0.321 e. The predicted octanol–water partition coefficient (Wildman–Crippen LogP) is 3.16. The number of nitrogens with one attached hydrogen (secondary N) is 1. The summed E-state index contributed by atoms with van der Waals surface area (Å²) < 4.78 is 3.55. The Hall–Kier alpha value is -3.29. The number of pyridine rings is 2. The summed E-state index contributed by atoms with van der Waals surface area (Å²) in [4.78, 5) is 21.9. The van der Waals surface area contributed by atoms with Crippen molar-refractivity contribution in [2.45, 2.75) is 33.7 Å². The van der Waals surface area contributed by atoms with Gasteiger partial charge >= 0.3 is 0 Å². The minimum Gasteiger partial charge on any atom is -0.321 e. The molecular weight excluding hydrogens is 342 g/mol. The van der Waals surface area contributed by atoms with Crippen LogP contribution in [0.25, 0.3) is 22.1 Å². The monoisotopic (exact) mass is 363 g/mol. The number of aromatic nitrogens is 6. The molecule has 0 aliphatic heterocycles. The Kier molecular flexibility index (Phi) is 3.91. The SMILES string of the molecule is Cc1cc(C(=O)Nc2cnc3c(c2)c(C)nn3C)c2cnn(C(C)C)c2n1. The molecule has 4 rings (SSSR count). The second-order valence-electron chi connectivity index (χ2n) is 6.99. The number of anilines is 1. The van der Waals surface area contributed by atoms with E-state index in [-0.39, 0.29) is 11.9 Å². The van der Waals surface area contributed by atoms with Gasteiger partial charge in [0, 0.05) is 24.2 Å². The molecule has 0 unspecified atom stereocenters. The van der Waals surface area contributed by atoms with Gasteiger partial charge in [0.2, 0.25) is 0 Å². The van der Waals surface area contributed by atoms with E-state index in [0.717, 1.165) is 27.8 Å². The fourth-order valence-corrected chi connectivity index (χ4v) is 3.28. The van der Waals surface area contributed by atoms with Crippen LogP contribution in [0.5, 0.6) is 0 Å². The van der Waals surface area contributed by atoms with Crippen LogP contribution >= 0.6 is 0 Å². The number of carbonyl (C=O) groups is 1. The topological polar surface area (TPSA) is 90.5 Å². The van der Waals surface area contributed by atoms with Gasteiger partial charge in [0.05, 0.1) is 34.7 Å². The number of amides is 1. The number of aryl methyl sites for hydroxylation is 3. The summed E-state index contributed by atoms with van der Waals surface area (Å²) in [5.74, 6) is -0.212. The van der Waals surface area contributed by atoms with E-state index < -0.39 is 0 Å². The zero-order valence-electron chi connectivity index (χ0n) is 16.0. The number of rotatable bonds is 3. The average molecular weight is 363 g/mol. The van der Waals surface area contributed by atoms with Gasteiger partial charge in [-0.05, 0) is 39.8 Å². The maximum absolute atomic E-state index is 13.0. The fourth-order valence-electron chi connectivity index (χ4n) is 3.28. The van der Waals surface area contributed by atoms with Crippen LogP contribution in [0.15, 0.2) is 24.5 Å². The molecule has 27 heavy (non-hydrogen) atoms. The predicted molar refractivity (Wildman–Crippen MR) is 104 cm³/mol. The molecular formula is C19H21N7O. The van der Waals surface area contributed by atoms with E-state index >= 15 is 0 Å². The Labute approximate surface area is 156 Å². The second kappa shape index (κ2) is 6.15. The lowest BCUT2D eigenvalue weighted by Gasteiger charge is -2.09. The van der Waals surface area contributed by atoms with Crippen LogP contribution in [-0.4, -0.2) is 35.4 Å². The molecule has 0 aliphatic carbocycles. The molecule has 1 N–H and O–H groups in total. The smallest absolute Gasteiger partial charge is 0.256 e. The van der Waals surface area contributed by atoms with Gasteiger partial charge in [0.1, 0.15) is 0 Å². The number of nitrogens with zero attached hydrogens (tertiary/aromatic N) is 6. The normalized spacial score (nSPS) is 11.6. The first-order valence-corrected chi connectivity index (χ1v) is 8.80. The molecule has 4 aromatic rings. The van der Waals surface area contributed by atoms with Gasteiger partial charge in [-0.2, -0.15) is 10.2 Å². The van der Waals surface area contributed by atoms with E-state index in [0.29, 0.717) is 16.9 Å². The molecule has 4 aromatic heterocycles.